The smallest absolute Gasteiger partial charge is 0.186 e. The normalized spacial score (nSPS) is 12.8. The molecule has 0 saturated heterocycles. The minimum absolute atomic E-state index is 0.0301. The summed E-state index contributed by atoms with van der Waals surface area (Å²) in [5.74, 6) is -0.0301. The SMILES string of the molecule is C=C(C)C(=O)C(C)OC. The number of rotatable bonds is 3. The van der Waals surface area contributed by atoms with E-state index in [1.165, 1.54) is 7.11 Å². The van der Waals surface area contributed by atoms with Crippen LogP contribution in [0.1, 0.15) is 13.8 Å². The Bertz CT molecular complexity index is 127. The van der Waals surface area contributed by atoms with Gasteiger partial charge in [-0.25, -0.2) is 0 Å². The van der Waals surface area contributed by atoms with Gasteiger partial charge in [-0.15, -0.1) is 0 Å². The third-order valence-corrected chi connectivity index (χ3v) is 1.14. The average molecular weight is 128 g/mol. The van der Waals surface area contributed by atoms with Crippen molar-refractivity contribution >= 4 is 5.78 Å². The fourth-order valence-electron chi connectivity index (χ4n) is 0.454. The van der Waals surface area contributed by atoms with Crippen molar-refractivity contribution in [3.63, 3.8) is 0 Å². The minimum Gasteiger partial charge on any atom is -0.374 e. The topological polar surface area (TPSA) is 26.3 Å². The minimum atomic E-state index is -0.345. The molecule has 1 unspecified atom stereocenters. The quantitative estimate of drug-likeness (QED) is 0.533. The molecule has 0 saturated carbocycles. The third kappa shape index (κ3) is 2.42. The first kappa shape index (κ1) is 8.37. The van der Waals surface area contributed by atoms with Crippen molar-refractivity contribution in [2.45, 2.75) is 20.0 Å². The van der Waals surface area contributed by atoms with Crippen LogP contribution < -0.4 is 0 Å². The van der Waals surface area contributed by atoms with Gasteiger partial charge >= 0.3 is 0 Å². The molecule has 0 radical (unpaired) electrons. The second-order valence-electron chi connectivity index (χ2n) is 2.02. The lowest BCUT2D eigenvalue weighted by molar-refractivity contribution is -0.123. The van der Waals surface area contributed by atoms with Crippen molar-refractivity contribution in [3.8, 4) is 0 Å². The maximum Gasteiger partial charge on any atom is 0.186 e. The van der Waals surface area contributed by atoms with Gasteiger partial charge < -0.3 is 4.74 Å². The fourth-order valence-corrected chi connectivity index (χ4v) is 0.454. The van der Waals surface area contributed by atoms with Crippen LogP contribution in [0.25, 0.3) is 0 Å². The Labute approximate surface area is 55.5 Å². The van der Waals surface area contributed by atoms with Crippen LogP contribution in [0, 0.1) is 0 Å². The van der Waals surface area contributed by atoms with E-state index in [9.17, 15) is 4.79 Å². The largest absolute Gasteiger partial charge is 0.374 e. The summed E-state index contributed by atoms with van der Waals surface area (Å²) in [6.45, 7) is 6.88. The van der Waals surface area contributed by atoms with Crippen molar-refractivity contribution < 1.29 is 9.53 Å². The molecule has 1 atom stereocenters. The maximum atomic E-state index is 10.8. The van der Waals surface area contributed by atoms with Gasteiger partial charge in [-0.05, 0) is 19.4 Å². The van der Waals surface area contributed by atoms with Gasteiger partial charge in [-0.1, -0.05) is 6.58 Å². The molecule has 0 amide bonds. The number of carbonyl (C=O) groups excluding carboxylic acids is 1. The van der Waals surface area contributed by atoms with Crippen LogP contribution >= 0.6 is 0 Å². The number of hydrogen-bond acceptors (Lipinski definition) is 2. The van der Waals surface area contributed by atoms with E-state index in [4.69, 9.17) is 4.74 Å². The molecule has 2 heteroatoms. The number of hydrogen-bond donors (Lipinski definition) is 0. The lowest BCUT2D eigenvalue weighted by Crippen LogP contribution is -2.18. The number of methoxy groups -OCH3 is 1. The highest BCUT2D eigenvalue weighted by Crippen LogP contribution is 1.97. The van der Waals surface area contributed by atoms with E-state index in [1.807, 2.05) is 0 Å². The Morgan fingerprint density at radius 3 is 2.22 bits per heavy atom. The maximum absolute atomic E-state index is 10.8. The predicted molar refractivity (Wildman–Crippen MR) is 36.3 cm³/mol. The molecule has 0 aromatic heterocycles. The Hall–Kier alpha value is -0.630. The van der Waals surface area contributed by atoms with Crippen molar-refractivity contribution in [1.82, 2.24) is 0 Å². The molecule has 9 heavy (non-hydrogen) atoms. The van der Waals surface area contributed by atoms with Crippen LogP contribution in [-0.4, -0.2) is 19.0 Å². The first-order valence-electron chi connectivity index (χ1n) is 2.82. The molecule has 0 aliphatic carbocycles. The van der Waals surface area contributed by atoms with Crippen molar-refractivity contribution in [1.29, 1.82) is 0 Å². The molecule has 0 rings (SSSR count). The van der Waals surface area contributed by atoms with E-state index < -0.39 is 0 Å². The van der Waals surface area contributed by atoms with Crippen molar-refractivity contribution in [3.05, 3.63) is 12.2 Å². The van der Waals surface area contributed by atoms with Gasteiger partial charge in [0.15, 0.2) is 5.78 Å². The van der Waals surface area contributed by atoms with Gasteiger partial charge in [0.2, 0.25) is 0 Å². The highest BCUT2D eigenvalue weighted by atomic mass is 16.5. The van der Waals surface area contributed by atoms with Gasteiger partial charge in [0.25, 0.3) is 0 Å². The van der Waals surface area contributed by atoms with E-state index in [0.29, 0.717) is 5.57 Å². The molecule has 0 bridgehead atoms. The van der Waals surface area contributed by atoms with Gasteiger partial charge in [0, 0.05) is 7.11 Å². The third-order valence-electron chi connectivity index (χ3n) is 1.14. The van der Waals surface area contributed by atoms with E-state index in [1.54, 1.807) is 13.8 Å². The molecular weight excluding hydrogens is 116 g/mol. The Morgan fingerprint density at radius 1 is 1.67 bits per heavy atom. The van der Waals surface area contributed by atoms with Gasteiger partial charge in [-0.3, -0.25) is 4.79 Å². The van der Waals surface area contributed by atoms with E-state index >= 15 is 0 Å². The Balaban J connectivity index is 3.88. The van der Waals surface area contributed by atoms with Gasteiger partial charge in [0.1, 0.15) is 6.10 Å². The molecule has 0 aromatic rings. The first-order chi connectivity index (χ1) is 4.09. The molecule has 0 spiro atoms. The van der Waals surface area contributed by atoms with Crippen LogP contribution in [0.3, 0.4) is 0 Å². The molecule has 0 aliphatic heterocycles. The number of ketones is 1. The monoisotopic (exact) mass is 128 g/mol. The zero-order chi connectivity index (χ0) is 7.44. The number of Topliss-reactive ketones (excluding diaryl/α,β-unsaturated/α-hetero) is 1. The fraction of sp³-hybridized carbons (Fsp3) is 0.571. The zero-order valence-corrected chi connectivity index (χ0v) is 6.10. The summed E-state index contributed by atoms with van der Waals surface area (Å²) in [6.07, 6.45) is -0.345. The van der Waals surface area contributed by atoms with Gasteiger partial charge in [0.05, 0.1) is 0 Å². The van der Waals surface area contributed by atoms with Crippen LogP contribution in [0.15, 0.2) is 12.2 Å². The predicted octanol–water partition coefficient (Wildman–Crippen LogP) is 1.17. The summed E-state index contributed by atoms with van der Waals surface area (Å²) in [5, 5.41) is 0. The Kier molecular flexibility index (Phi) is 3.17. The summed E-state index contributed by atoms with van der Waals surface area (Å²) < 4.78 is 4.76. The summed E-state index contributed by atoms with van der Waals surface area (Å²) in [6, 6.07) is 0. The zero-order valence-electron chi connectivity index (χ0n) is 6.10. The lowest BCUT2D eigenvalue weighted by Gasteiger charge is -2.05. The molecule has 52 valence electrons. The summed E-state index contributed by atoms with van der Waals surface area (Å²) in [5.41, 5.74) is 0.546. The van der Waals surface area contributed by atoms with Gasteiger partial charge in [-0.2, -0.15) is 0 Å². The first-order valence-corrected chi connectivity index (χ1v) is 2.82. The molecule has 0 aromatic carbocycles. The number of ether oxygens (including phenoxy) is 1. The van der Waals surface area contributed by atoms with Crippen molar-refractivity contribution in [2.24, 2.45) is 0 Å². The second kappa shape index (κ2) is 3.41. The molecule has 0 fully saturated rings. The second-order valence-corrected chi connectivity index (χ2v) is 2.02. The lowest BCUT2D eigenvalue weighted by atomic mass is 10.1. The summed E-state index contributed by atoms with van der Waals surface area (Å²) in [7, 11) is 1.51. The molecule has 2 nitrogen and oxygen atoms in total. The Morgan fingerprint density at radius 2 is 2.11 bits per heavy atom. The summed E-state index contributed by atoms with van der Waals surface area (Å²) in [4.78, 5) is 10.8. The van der Waals surface area contributed by atoms with Crippen LogP contribution in [0.4, 0.5) is 0 Å². The van der Waals surface area contributed by atoms with E-state index in [-0.39, 0.29) is 11.9 Å². The summed E-state index contributed by atoms with van der Waals surface area (Å²) >= 11 is 0. The number of carbonyl (C=O) groups is 1. The van der Waals surface area contributed by atoms with Crippen LogP contribution in [0.5, 0.6) is 0 Å². The van der Waals surface area contributed by atoms with E-state index in [0.717, 1.165) is 0 Å². The molecule has 0 N–H and O–H groups in total. The highest BCUT2D eigenvalue weighted by molar-refractivity contribution is 5.97. The highest BCUT2D eigenvalue weighted by Gasteiger charge is 2.10. The van der Waals surface area contributed by atoms with Crippen LogP contribution in [0.2, 0.25) is 0 Å². The molecule has 0 heterocycles. The average Bonchev–Trinajstić information content (AvgIpc) is 1.84. The van der Waals surface area contributed by atoms with Crippen molar-refractivity contribution in [2.75, 3.05) is 7.11 Å². The standard InChI is InChI=1S/C7H12O2/c1-5(2)7(8)6(3)9-4/h6H,1H2,2-4H3. The van der Waals surface area contributed by atoms with Crippen LogP contribution in [-0.2, 0) is 9.53 Å². The molecular formula is C7H12O2. The molecule has 0 aliphatic rings. The van der Waals surface area contributed by atoms with E-state index in [2.05, 4.69) is 6.58 Å².